The van der Waals surface area contributed by atoms with E-state index in [1.54, 1.807) is 6.20 Å². The number of aromatic nitrogens is 4. The molecule has 4 aromatic rings. The van der Waals surface area contributed by atoms with Crippen LogP contribution in [0.15, 0.2) is 61.3 Å². The van der Waals surface area contributed by atoms with Gasteiger partial charge >= 0.3 is 0 Å². The van der Waals surface area contributed by atoms with Gasteiger partial charge in [-0.2, -0.15) is 5.26 Å². The number of nitrogens with two attached hydrogens (primary N) is 1. The quantitative estimate of drug-likeness (QED) is 0.439. The van der Waals surface area contributed by atoms with Crippen LogP contribution in [0.4, 0.5) is 5.82 Å². The molecule has 5 rings (SSSR count). The Hall–Kier alpha value is -4.13. The van der Waals surface area contributed by atoms with Crippen molar-refractivity contribution in [2.45, 2.75) is 6.42 Å². The largest absolute Gasteiger partial charge is 0.382 e. The molecule has 3 N–H and O–H groups in total. The van der Waals surface area contributed by atoms with Crippen molar-refractivity contribution in [1.29, 1.82) is 5.26 Å². The highest BCUT2D eigenvalue weighted by Gasteiger charge is 2.18. The molecule has 2 aromatic carbocycles. The molecule has 2 aromatic heterocycles. The molecule has 0 aliphatic carbocycles. The van der Waals surface area contributed by atoms with E-state index in [1.165, 1.54) is 11.3 Å². The highest BCUT2D eigenvalue weighted by atomic mass is 32.1. The van der Waals surface area contributed by atoms with Crippen LogP contribution < -0.4 is 11.1 Å². The molecular weight excluding hydrogens is 456 g/mol. The maximum atomic E-state index is 9.92. The van der Waals surface area contributed by atoms with Gasteiger partial charge in [-0.25, -0.2) is 9.97 Å². The molecule has 8 nitrogen and oxygen atoms in total. The van der Waals surface area contributed by atoms with Crippen molar-refractivity contribution in [1.82, 2.24) is 30.4 Å². The van der Waals surface area contributed by atoms with Crippen LogP contribution in [0.1, 0.15) is 17.5 Å². The van der Waals surface area contributed by atoms with Gasteiger partial charge in [0.15, 0.2) is 10.8 Å². The number of nitrogen functional groups attached to an aromatic ring is 1. The molecule has 0 unspecified atom stereocenters. The van der Waals surface area contributed by atoms with E-state index in [0.29, 0.717) is 27.5 Å². The summed E-state index contributed by atoms with van der Waals surface area (Å²) in [6.45, 7) is 8.05. The molecule has 0 radical (unpaired) electrons. The molecule has 0 bridgehead atoms. The molecule has 3 heterocycles. The molecule has 0 saturated carbocycles. The predicted octanol–water partition coefficient (Wildman–Crippen LogP) is 4.05. The first-order valence-electron chi connectivity index (χ1n) is 11.4. The van der Waals surface area contributed by atoms with Gasteiger partial charge in [0.1, 0.15) is 10.7 Å². The van der Waals surface area contributed by atoms with Crippen LogP contribution in [0.2, 0.25) is 0 Å². The lowest BCUT2D eigenvalue weighted by molar-refractivity contribution is 0.425. The van der Waals surface area contributed by atoms with Gasteiger partial charge in [-0.1, -0.05) is 60.4 Å². The molecule has 0 amide bonds. The Morgan fingerprint density at radius 1 is 1.09 bits per heavy atom. The third-order valence-corrected chi connectivity index (χ3v) is 6.90. The van der Waals surface area contributed by atoms with Gasteiger partial charge < -0.3 is 16.0 Å². The number of nitrogens with one attached hydrogen (secondary N) is 1. The highest BCUT2D eigenvalue weighted by molar-refractivity contribution is 7.17. The summed E-state index contributed by atoms with van der Waals surface area (Å²) in [7, 11) is 0. The molecule has 1 aliphatic heterocycles. The van der Waals surface area contributed by atoms with E-state index in [1.807, 2.05) is 48.5 Å². The zero-order valence-electron chi connectivity index (χ0n) is 19.1. The summed E-state index contributed by atoms with van der Waals surface area (Å²) in [5.41, 5.74) is 11.2. The van der Waals surface area contributed by atoms with Crippen molar-refractivity contribution in [3.05, 3.63) is 72.4 Å². The number of benzene rings is 2. The van der Waals surface area contributed by atoms with Crippen LogP contribution in [0.25, 0.3) is 38.2 Å². The first kappa shape index (κ1) is 22.7. The maximum absolute atomic E-state index is 9.92. The second kappa shape index (κ2) is 10.0. The average Bonchev–Trinajstić information content (AvgIpc) is 3.23. The summed E-state index contributed by atoms with van der Waals surface area (Å²) < 4.78 is 0. The van der Waals surface area contributed by atoms with E-state index in [-0.39, 0.29) is 5.82 Å². The van der Waals surface area contributed by atoms with Gasteiger partial charge in [0.05, 0.1) is 23.5 Å². The summed E-state index contributed by atoms with van der Waals surface area (Å²) in [5, 5.41) is 23.3. The van der Waals surface area contributed by atoms with E-state index >= 15 is 0 Å². The lowest BCUT2D eigenvalue weighted by atomic mass is 10.0. The van der Waals surface area contributed by atoms with Gasteiger partial charge in [-0.3, -0.25) is 0 Å². The Morgan fingerprint density at radius 2 is 1.91 bits per heavy atom. The smallest absolute Gasteiger partial charge is 0.170 e. The van der Waals surface area contributed by atoms with Crippen molar-refractivity contribution in [3.63, 3.8) is 0 Å². The van der Waals surface area contributed by atoms with Crippen molar-refractivity contribution in [3.8, 4) is 38.6 Å². The summed E-state index contributed by atoms with van der Waals surface area (Å²) in [6.07, 6.45) is 2.65. The molecular formula is C26H24N8S. The average molecular weight is 481 g/mol. The topological polar surface area (TPSA) is 117 Å². The third kappa shape index (κ3) is 4.75. The fraction of sp³-hybridized carbons (Fsp3) is 0.192. The first-order valence-corrected chi connectivity index (χ1v) is 12.2. The van der Waals surface area contributed by atoms with Gasteiger partial charge in [0, 0.05) is 36.5 Å². The fourth-order valence-electron chi connectivity index (χ4n) is 4.04. The predicted molar refractivity (Wildman–Crippen MR) is 139 cm³/mol. The van der Waals surface area contributed by atoms with E-state index in [2.05, 4.69) is 38.0 Å². The molecule has 0 atom stereocenters. The molecule has 35 heavy (non-hydrogen) atoms. The second-order valence-electron chi connectivity index (χ2n) is 8.18. The number of nitrogens with zero attached hydrogens (tertiary/aromatic N) is 6. The van der Waals surface area contributed by atoms with Crippen molar-refractivity contribution in [2.75, 3.05) is 31.9 Å². The zero-order valence-corrected chi connectivity index (χ0v) is 19.9. The molecule has 1 fully saturated rings. The van der Waals surface area contributed by atoms with Crippen LogP contribution in [-0.2, 0) is 0 Å². The second-order valence-corrected chi connectivity index (χ2v) is 9.15. The van der Waals surface area contributed by atoms with Crippen LogP contribution >= 0.6 is 11.3 Å². The van der Waals surface area contributed by atoms with E-state index < -0.39 is 0 Å². The van der Waals surface area contributed by atoms with Gasteiger partial charge in [-0.15, -0.1) is 10.2 Å². The van der Waals surface area contributed by atoms with Crippen LogP contribution in [0, 0.1) is 11.3 Å². The van der Waals surface area contributed by atoms with E-state index in [9.17, 15) is 5.26 Å². The maximum Gasteiger partial charge on any atom is 0.170 e. The van der Waals surface area contributed by atoms with E-state index in [4.69, 9.17) is 10.7 Å². The minimum atomic E-state index is 0.266. The highest BCUT2D eigenvalue weighted by Crippen LogP contribution is 2.33. The first-order chi connectivity index (χ1) is 17.1. The molecule has 174 valence electrons. The Balaban J connectivity index is 1.47. The number of rotatable bonds is 5. The van der Waals surface area contributed by atoms with Crippen molar-refractivity contribution >= 4 is 22.9 Å². The monoisotopic (exact) mass is 480 g/mol. The fourth-order valence-corrected chi connectivity index (χ4v) is 4.89. The Bertz CT molecular complexity index is 1400. The minimum absolute atomic E-state index is 0.266. The number of hydrogen-bond acceptors (Lipinski definition) is 9. The summed E-state index contributed by atoms with van der Waals surface area (Å²) in [6, 6.07) is 17.9. The number of anilines is 1. The van der Waals surface area contributed by atoms with Gasteiger partial charge in [0.2, 0.25) is 0 Å². The number of nitriles is 1. The Kier molecular flexibility index (Phi) is 6.48. The van der Waals surface area contributed by atoms with Crippen LogP contribution in [0.5, 0.6) is 0 Å². The molecule has 1 aliphatic rings. The summed E-state index contributed by atoms with van der Waals surface area (Å²) in [5.74, 6) is 0.266. The molecule has 0 spiro atoms. The van der Waals surface area contributed by atoms with Crippen LogP contribution in [0.3, 0.4) is 0 Å². The normalized spacial score (nSPS) is 13.7. The summed E-state index contributed by atoms with van der Waals surface area (Å²) >= 11 is 1.40. The molecule has 1 saturated heterocycles. The molecule has 9 heteroatoms. The van der Waals surface area contributed by atoms with E-state index in [0.717, 1.165) is 54.4 Å². The van der Waals surface area contributed by atoms with Crippen molar-refractivity contribution < 1.29 is 0 Å². The number of hydrogen-bond donors (Lipinski definition) is 2. The van der Waals surface area contributed by atoms with Gasteiger partial charge in [-0.05, 0) is 24.6 Å². The standard InChI is InChI=1S/C26H24N8S/c1-17(34-12-5-10-29-11-13-34)19-8-9-21(20(14-19)15-27)22-16-30-24(28)23(31-22)26-33-32-25(35-26)18-6-3-2-4-7-18/h2-4,6-9,14,16,29H,1,5,10-13H2,(H2,28,30). The lowest BCUT2D eigenvalue weighted by Crippen LogP contribution is -2.26. The SMILES string of the molecule is C=C(c1ccc(-c2cnc(N)c(-c3nnc(-c4ccccc4)s3)n2)c(C#N)c1)N1CCCNCC1. The zero-order chi connectivity index (χ0) is 24.2. The van der Waals surface area contributed by atoms with Crippen LogP contribution in [-0.4, -0.2) is 51.2 Å². The Labute approximate surface area is 207 Å². The van der Waals surface area contributed by atoms with Gasteiger partial charge in [0.25, 0.3) is 0 Å². The Morgan fingerprint density at radius 3 is 2.74 bits per heavy atom. The minimum Gasteiger partial charge on any atom is -0.382 e. The summed E-state index contributed by atoms with van der Waals surface area (Å²) in [4.78, 5) is 11.3. The third-order valence-electron chi connectivity index (χ3n) is 5.92. The lowest BCUT2D eigenvalue weighted by Gasteiger charge is -2.25. The van der Waals surface area contributed by atoms with Crippen molar-refractivity contribution in [2.24, 2.45) is 0 Å².